The lowest BCUT2D eigenvalue weighted by Crippen LogP contribution is -2.47. The fraction of sp³-hybridized carbons (Fsp3) is 0.412. The van der Waals surface area contributed by atoms with E-state index >= 15 is 0 Å². The highest BCUT2D eigenvalue weighted by molar-refractivity contribution is 8.04. The van der Waals surface area contributed by atoms with Gasteiger partial charge in [-0.1, -0.05) is 47.1 Å². The molecule has 8 heteroatoms. The summed E-state index contributed by atoms with van der Waals surface area (Å²) in [6, 6.07) is 6.03. The van der Waals surface area contributed by atoms with Gasteiger partial charge in [0, 0.05) is 18.8 Å². The quantitative estimate of drug-likeness (QED) is 0.778. The standard InChI is InChI=1S/C17H18Cl2N4OS/c1-11-9-24-6-5-23(11)17-21-16-14(25-17)7-20-10-22(16)8-12-3-2-4-13(18)15(12)19/h2-4,7,10-11,17H,5-6,8-9H2,1H3. The van der Waals surface area contributed by atoms with Crippen molar-refractivity contribution in [2.45, 2.75) is 25.0 Å². The van der Waals surface area contributed by atoms with Gasteiger partial charge in [0.15, 0.2) is 5.50 Å². The molecule has 2 unspecified atom stereocenters. The van der Waals surface area contributed by atoms with E-state index in [0.29, 0.717) is 22.6 Å². The number of hydrogen-bond acceptors (Lipinski definition) is 6. The maximum Gasteiger partial charge on any atom is 0.156 e. The maximum absolute atomic E-state index is 6.34. The number of aliphatic imine (C=N–C) groups is 2. The van der Waals surface area contributed by atoms with Gasteiger partial charge in [-0.05, 0) is 18.6 Å². The first kappa shape index (κ1) is 17.4. The summed E-state index contributed by atoms with van der Waals surface area (Å²) in [7, 11) is 0. The Morgan fingerprint density at radius 3 is 3.08 bits per heavy atom. The van der Waals surface area contributed by atoms with Crippen LogP contribution in [0.3, 0.4) is 0 Å². The molecule has 1 fully saturated rings. The summed E-state index contributed by atoms with van der Waals surface area (Å²) in [5.74, 6) is 0.944. The first-order valence-electron chi connectivity index (χ1n) is 8.15. The first-order valence-corrected chi connectivity index (χ1v) is 9.78. The molecule has 0 bridgehead atoms. The van der Waals surface area contributed by atoms with Gasteiger partial charge in [0.1, 0.15) is 5.84 Å². The molecule has 3 heterocycles. The molecule has 132 valence electrons. The zero-order valence-electron chi connectivity index (χ0n) is 13.7. The zero-order chi connectivity index (χ0) is 17.4. The zero-order valence-corrected chi connectivity index (χ0v) is 16.1. The van der Waals surface area contributed by atoms with Crippen LogP contribution >= 0.6 is 35.0 Å². The monoisotopic (exact) mass is 396 g/mol. The van der Waals surface area contributed by atoms with E-state index in [1.807, 2.05) is 23.2 Å². The molecule has 3 aliphatic heterocycles. The van der Waals surface area contributed by atoms with Crippen molar-refractivity contribution < 1.29 is 4.74 Å². The fourth-order valence-electron chi connectivity index (χ4n) is 3.08. The highest BCUT2D eigenvalue weighted by Gasteiger charge is 2.35. The largest absolute Gasteiger partial charge is 0.379 e. The average molecular weight is 397 g/mol. The minimum Gasteiger partial charge on any atom is -0.379 e. The summed E-state index contributed by atoms with van der Waals surface area (Å²) < 4.78 is 5.54. The number of ether oxygens (including phenoxy) is 1. The van der Waals surface area contributed by atoms with Gasteiger partial charge >= 0.3 is 0 Å². The van der Waals surface area contributed by atoms with Crippen molar-refractivity contribution in [3.63, 3.8) is 0 Å². The lowest BCUT2D eigenvalue weighted by Gasteiger charge is -2.35. The fourth-order valence-corrected chi connectivity index (χ4v) is 4.69. The summed E-state index contributed by atoms with van der Waals surface area (Å²) >= 11 is 14.2. The number of nitrogens with zero attached hydrogens (tertiary/aromatic N) is 4. The second-order valence-electron chi connectivity index (χ2n) is 6.16. The normalized spacial score (nSPS) is 26.4. The van der Waals surface area contributed by atoms with Gasteiger partial charge in [-0.25, -0.2) is 9.98 Å². The lowest BCUT2D eigenvalue weighted by molar-refractivity contribution is -0.00430. The van der Waals surface area contributed by atoms with Crippen molar-refractivity contribution in [3.8, 4) is 0 Å². The van der Waals surface area contributed by atoms with Gasteiger partial charge in [0.25, 0.3) is 0 Å². The number of fused-ring (bicyclic) bond motifs is 1. The second kappa shape index (κ2) is 7.29. The van der Waals surface area contributed by atoms with E-state index in [9.17, 15) is 0 Å². The molecule has 0 aromatic heterocycles. The Morgan fingerprint density at radius 1 is 1.36 bits per heavy atom. The summed E-state index contributed by atoms with van der Waals surface area (Å²) in [5, 5.41) is 1.14. The highest BCUT2D eigenvalue weighted by Crippen LogP contribution is 2.38. The minimum atomic E-state index is 0.0687. The average Bonchev–Trinajstić information content (AvgIpc) is 3.04. The van der Waals surface area contributed by atoms with Gasteiger partial charge in [0.2, 0.25) is 0 Å². The van der Waals surface area contributed by atoms with Crippen molar-refractivity contribution in [2.75, 3.05) is 19.8 Å². The van der Waals surface area contributed by atoms with Crippen LogP contribution < -0.4 is 0 Å². The van der Waals surface area contributed by atoms with E-state index in [0.717, 1.165) is 36.1 Å². The predicted molar refractivity (Wildman–Crippen MR) is 104 cm³/mol. The predicted octanol–water partition coefficient (Wildman–Crippen LogP) is 3.83. The van der Waals surface area contributed by atoms with Gasteiger partial charge in [-0.3, -0.25) is 4.90 Å². The third-order valence-electron chi connectivity index (χ3n) is 4.43. The van der Waals surface area contributed by atoms with Crippen LogP contribution in [0.25, 0.3) is 0 Å². The summed E-state index contributed by atoms with van der Waals surface area (Å²) in [5.41, 5.74) is 1.02. The van der Waals surface area contributed by atoms with E-state index in [1.165, 1.54) is 0 Å². The highest BCUT2D eigenvalue weighted by atomic mass is 35.5. The van der Waals surface area contributed by atoms with Crippen molar-refractivity contribution in [2.24, 2.45) is 9.98 Å². The first-order chi connectivity index (χ1) is 12.1. The molecular formula is C17H18Cl2N4OS. The molecule has 0 spiro atoms. The molecular weight excluding hydrogens is 379 g/mol. The van der Waals surface area contributed by atoms with Crippen LogP contribution in [0.4, 0.5) is 0 Å². The number of hydrogen-bond donors (Lipinski definition) is 0. The molecule has 5 nitrogen and oxygen atoms in total. The molecule has 25 heavy (non-hydrogen) atoms. The molecule has 0 aliphatic carbocycles. The van der Waals surface area contributed by atoms with Crippen LogP contribution in [0.15, 0.2) is 39.3 Å². The van der Waals surface area contributed by atoms with E-state index in [1.54, 1.807) is 24.2 Å². The second-order valence-corrected chi connectivity index (χ2v) is 8.04. The molecule has 2 atom stereocenters. The Morgan fingerprint density at radius 2 is 2.24 bits per heavy atom. The molecule has 0 radical (unpaired) electrons. The van der Waals surface area contributed by atoms with Gasteiger partial charge < -0.3 is 9.64 Å². The van der Waals surface area contributed by atoms with Gasteiger partial charge in [-0.15, -0.1) is 0 Å². The molecule has 1 aromatic carbocycles. The molecule has 3 aliphatic rings. The van der Waals surface area contributed by atoms with Crippen LogP contribution in [-0.4, -0.2) is 53.3 Å². The Labute approximate surface area is 161 Å². The summed E-state index contributed by atoms with van der Waals surface area (Å²) in [6.07, 6.45) is 3.68. The molecule has 0 N–H and O–H groups in total. The molecule has 1 aromatic rings. The number of morpholine rings is 1. The van der Waals surface area contributed by atoms with Crippen LogP contribution in [0.5, 0.6) is 0 Å². The van der Waals surface area contributed by atoms with E-state index < -0.39 is 0 Å². The number of rotatable bonds is 3. The smallest absolute Gasteiger partial charge is 0.156 e. The minimum absolute atomic E-state index is 0.0687. The number of amidine groups is 1. The van der Waals surface area contributed by atoms with Crippen molar-refractivity contribution in [3.05, 3.63) is 44.9 Å². The third-order valence-corrected chi connectivity index (χ3v) is 6.42. The Hall–Kier alpha value is -1.05. The lowest BCUT2D eigenvalue weighted by atomic mass is 10.2. The van der Waals surface area contributed by atoms with Crippen LogP contribution in [0, 0.1) is 0 Å². The van der Waals surface area contributed by atoms with Gasteiger partial charge in [0.05, 0.1) is 41.0 Å². The van der Waals surface area contributed by atoms with Crippen molar-refractivity contribution >= 4 is 47.1 Å². The third kappa shape index (κ3) is 3.46. The van der Waals surface area contributed by atoms with Crippen LogP contribution in [-0.2, 0) is 11.3 Å². The molecule has 1 saturated heterocycles. The molecule has 4 rings (SSSR count). The van der Waals surface area contributed by atoms with E-state index in [2.05, 4.69) is 16.8 Å². The van der Waals surface area contributed by atoms with E-state index in [4.69, 9.17) is 32.9 Å². The molecule has 0 amide bonds. The SMILES string of the molecule is CC1COCCN1C1N=C2C(=CN=CN2Cc2cccc(Cl)c2Cl)S1. The van der Waals surface area contributed by atoms with E-state index in [-0.39, 0.29) is 5.50 Å². The Balaban J connectivity index is 1.56. The summed E-state index contributed by atoms with van der Waals surface area (Å²) in [6.45, 7) is 5.16. The summed E-state index contributed by atoms with van der Waals surface area (Å²) in [4.78, 5) is 14.8. The van der Waals surface area contributed by atoms with Crippen LogP contribution in [0.2, 0.25) is 10.0 Å². The molecule has 0 saturated carbocycles. The van der Waals surface area contributed by atoms with Gasteiger partial charge in [-0.2, -0.15) is 0 Å². The van der Waals surface area contributed by atoms with Crippen molar-refractivity contribution in [1.82, 2.24) is 9.80 Å². The topological polar surface area (TPSA) is 40.4 Å². The Kier molecular flexibility index (Phi) is 5.06. The Bertz CT molecular complexity index is 767. The van der Waals surface area contributed by atoms with Crippen LogP contribution in [0.1, 0.15) is 12.5 Å². The maximum atomic E-state index is 6.34. The van der Waals surface area contributed by atoms with Crippen molar-refractivity contribution in [1.29, 1.82) is 0 Å². The number of halogens is 2. The number of benzene rings is 1. The number of thioether (sulfide) groups is 1.